The van der Waals surface area contributed by atoms with Crippen molar-refractivity contribution in [2.75, 3.05) is 12.9 Å². The van der Waals surface area contributed by atoms with E-state index < -0.39 is 0 Å². The number of allylic oxidation sites excluding steroid dienone is 4. The smallest absolute Gasteiger partial charge is 0.159 e. The fraction of sp³-hybridized carbons (Fsp3) is 0.552. The van der Waals surface area contributed by atoms with Crippen LogP contribution in [0.4, 0.5) is 0 Å². The molecule has 1 aromatic rings. The van der Waals surface area contributed by atoms with E-state index in [1.54, 1.807) is 5.57 Å². The molecule has 3 heteroatoms. The van der Waals surface area contributed by atoms with Crippen molar-refractivity contribution in [2.24, 2.45) is 23.2 Å². The maximum Gasteiger partial charge on any atom is 0.159 e. The topological polar surface area (TPSA) is 26.3 Å². The van der Waals surface area contributed by atoms with E-state index in [0.717, 1.165) is 32.3 Å². The maximum atomic E-state index is 12.5. The number of fused-ring (bicyclic) bond motifs is 5. The van der Waals surface area contributed by atoms with Gasteiger partial charge in [-0.15, -0.1) is 11.8 Å². The predicted octanol–water partition coefficient (Wildman–Crippen LogP) is 6.88. The van der Waals surface area contributed by atoms with Gasteiger partial charge >= 0.3 is 0 Å². The van der Waals surface area contributed by atoms with Crippen molar-refractivity contribution < 1.29 is 9.53 Å². The summed E-state index contributed by atoms with van der Waals surface area (Å²) in [4.78, 5) is 13.8. The van der Waals surface area contributed by atoms with E-state index in [1.807, 2.05) is 17.8 Å². The van der Waals surface area contributed by atoms with E-state index in [1.165, 1.54) is 34.4 Å². The van der Waals surface area contributed by atoms with Gasteiger partial charge in [-0.3, -0.25) is 4.79 Å². The second-order valence-corrected chi connectivity index (χ2v) is 11.8. The molecular formula is C29H34O2S. The van der Waals surface area contributed by atoms with Crippen molar-refractivity contribution in [1.29, 1.82) is 0 Å². The fourth-order valence-electron chi connectivity index (χ4n) is 7.96. The van der Waals surface area contributed by atoms with Crippen molar-refractivity contribution in [2.45, 2.75) is 68.8 Å². The molecule has 0 N–H and O–H groups in total. The van der Waals surface area contributed by atoms with Gasteiger partial charge in [-0.1, -0.05) is 43.7 Å². The van der Waals surface area contributed by atoms with Crippen LogP contribution in [0.15, 0.2) is 64.1 Å². The summed E-state index contributed by atoms with van der Waals surface area (Å²) in [6.45, 7) is 5.41. The first-order valence-electron chi connectivity index (χ1n) is 12.4. The highest BCUT2D eigenvalue weighted by Gasteiger charge is 2.63. The van der Waals surface area contributed by atoms with Crippen molar-refractivity contribution in [3.63, 3.8) is 0 Å². The minimum atomic E-state index is -0.0860. The Morgan fingerprint density at radius 2 is 1.97 bits per heavy atom. The van der Waals surface area contributed by atoms with Crippen molar-refractivity contribution in [3.05, 3.63) is 64.8 Å². The van der Waals surface area contributed by atoms with E-state index in [0.29, 0.717) is 23.5 Å². The number of ketones is 1. The second kappa shape index (κ2) is 7.46. The summed E-state index contributed by atoms with van der Waals surface area (Å²) in [5.74, 6) is 2.15. The van der Waals surface area contributed by atoms with Gasteiger partial charge in [-0.05, 0) is 91.5 Å². The summed E-state index contributed by atoms with van der Waals surface area (Å²) in [6.07, 6.45) is 15.5. The molecule has 6 atom stereocenters. The number of carbonyl (C=O) groups excluding carboxylic acids is 1. The van der Waals surface area contributed by atoms with Gasteiger partial charge in [0.1, 0.15) is 0 Å². The van der Waals surface area contributed by atoms with Crippen LogP contribution in [0, 0.1) is 23.2 Å². The summed E-state index contributed by atoms with van der Waals surface area (Å²) in [7, 11) is 0. The van der Waals surface area contributed by atoms with Gasteiger partial charge < -0.3 is 4.74 Å². The molecule has 0 saturated heterocycles. The number of ether oxygens (including phenoxy) is 1. The summed E-state index contributed by atoms with van der Waals surface area (Å²) >= 11 is 1.81. The zero-order valence-electron chi connectivity index (χ0n) is 19.5. The van der Waals surface area contributed by atoms with Crippen molar-refractivity contribution in [1.82, 2.24) is 0 Å². The zero-order chi connectivity index (χ0) is 22.1. The third kappa shape index (κ3) is 2.86. The van der Waals surface area contributed by atoms with Crippen LogP contribution in [-0.2, 0) is 9.53 Å². The van der Waals surface area contributed by atoms with Crippen molar-refractivity contribution in [3.8, 4) is 0 Å². The Morgan fingerprint density at radius 1 is 1.16 bits per heavy atom. The predicted molar refractivity (Wildman–Crippen MR) is 131 cm³/mol. The number of benzene rings is 1. The zero-order valence-corrected chi connectivity index (χ0v) is 20.3. The van der Waals surface area contributed by atoms with Gasteiger partial charge in [-0.25, -0.2) is 0 Å². The average molecular weight is 447 g/mol. The molecule has 2 saturated carbocycles. The minimum Gasteiger partial charge on any atom is -0.366 e. The number of carbonyl (C=O) groups is 1. The van der Waals surface area contributed by atoms with Gasteiger partial charge in [0, 0.05) is 22.1 Å². The van der Waals surface area contributed by atoms with Crippen LogP contribution < -0.4 is 0 Å². The van der Waals surface area contributed by atoms with Crippen LogP contribution in [0.1, 0.15) is 63.9 Å². The molecule has 1 aromatic carbocycles. The Morgan fingerprint density at radius 3 is 2.69 bits per heavy atom. The molecule has 0 aromatic heterocycles. The van der Waals surface area contributed by atoms with E-state index in [4.69, 9.17) is 4.74 Å². The first kappa shape index (κ1) is 21.0. The molecular weight excluding hydrogens is 412 g/mol. The quantitative estimate of drug-likeness (QED) is 0.366. The van der Waals surface area contributed by atoms with Gasteiger partial charge in [-0.2, -0.15) is 0 Å². The number of rotatable bonds is 2. The Balaban J connectivity index is 1.52. The minimum absolute atomic E-state index is 0.0860. The molecule has 0 radical (unpaired) electrons. The van der Waals surface area contributed by atoms with Crippen LogP contribution in [-0.4, -0.2) is 24.2 Å². The largest absolute Gasteiger partial charge is 0.366 e. The van der Waals surface area contributed by atoms with Crippen LogP contribution in [0.5, 0.6) is 0 Å². The highest BCUT2D eigenvalue weighted by atomic mass is 32.2. The first-order chi connectivity index (χ1) is 15.5. The van der Waals surface area contributed by atoms with Gasteiger partial charge in [0.15, 0.2) is 5.78 Å². The fourth-order valence-corrected chi connectivity index (χ4v) is 8.37. The maximum absolute atomic E-state index is 12.5. The molecule has 32 heavy (non-hydrogen) atoms. The molecule has 5 aliphatic rings. The first-order valence-corrected chi connectivity index (χ1v) is 13.6. The molecule has 6 rings (SSSR count). The van der Waals surface area contributed by atoms with Crippen LogP contribution >= 0.6 is 11.8 Å². The van der Waals surface area contributed by atoms with Crippen LogP contribution in [0.3, 0.4) is 0 Å². The molecule has 1 heterocycles. The molecule has 1 spiro atoms. The molecule has 168 valence electrons. The Hall–Kier alpha value is -1.58. The SMILES string of the molecule is CSc1ccc(C2C[C@@]3(C)[C@@H](CCC34C=CCO4)[C@@H]3CCC4=CC(=O)[C@@H](C)CC4=C23)cc1. The lowest BCUT2D eigenvalue weighted by atomic mass is 9.51. The average Bonchev–Trinajstić information content (AvgIpc) is 3.40. The van der Waals surface area contributed by atoms with E-state index >= 15 is 0 Å². The van der Waals surface area contributed by atoms with E-state index in [9.17, 15) is 4.79 Å². The Kier molecular flexibility index (Phi) is 4.90. The molecule has 4 aliphatic carbocycles. The molecule has 2 nitrogen and oxygen atoms in total. The summed E-state index contributed by atoms with van der Waals surface area (Å²) in [5, 5.41) is 0. The molecule has 2 fully saturated rings. The van der Waals surface area contributed by atoms with E-state index in [2.05, 4.69) is 56.5 Å². The monoisotopic (exact) mass is 446 g/mol. The van der Waals surface area contributed by atoms with Gasteiger partial charge in [0.05, 0.1) is 12.2 Å². The Bertz CT molecular complexity index is 1050. The van der Waals surface area contributed by atoms with Gasteiger partial charge in [0.25, 0.3) is 0 Å². The van der Waals surface area contributed by atoms with Gasteiger partial charge in [0.2, 0.25) is 0 Å². The lowest BCUT2D eigenvalue weighted by Crippen LogP contribution is -2.51. The van der Waals surface area contributed by atoms with Crippen molar-refractivity contribution >= 4 is 17.5 Å². The van der Waals surface area contributed by atoms with Crippen LogP contribution in [0.2, 0.25) is 0 Å². The highest BCUT2D eigenvalue weighted by Crippen LogP contribution is 2.68. The number of hydrogen-bond donors (Lipinski definition) is 0. The molecule has 0 bridgehead atoms. The molecule has 2 unspecified atom stereocenters. The summed E-state index contributed by atoms with van der Waals surface area (Å²) in [5.41, 5.74) is 6.09. The lowest BCUT2D eigenvalue weighted by Gasteiger charge is -2.55. The Labute approximate surface area is 196 Å². The van der Waals surface area contributed by atoms with Crippen LogP contribution in [0.25, 0.3) is 0 Å². The normalized spacial score (nSPS) is 40.3. The highest BCUT2D eigenvalue weighted by molar-refractivity contribution is 7.98. The summed E-state index contributed by atoms with van der Waals surface area (Å²) < 4.78 is 6.53. The third-order valence-corrected chi connectivity index (χ3v) is 10.4. The lowest BCUT2D eigenvalue weighted by molar-refractivity contribution is -0.118. The van der Waals surface area contributed by atoms with E-state index in [-0.39, 0.29) is 16.9 Å². The number of hydrogen-bond acceptors (Lipinski definition) is 3. The number of thioether (sulfide) groups is 1. The standard InChI is InChI=1S/C29H34O2S/c1-18-15-23-20(16-26(18)30)7-10-22-25-11-13-29(12-4-14-31-29)28(25,2)17-24(27(22)23)19-5-8-21(32-3)9-6-19/h4-6,8-9,12,16,18,22,24-25H,7,10-11,13-15,17H2,1-3H3/t18-,22-,24?,25-,28-,29?/m0/s1. The third-order valence-electron chi connectivity index (χ3n) is 9.62. The molecule has 0 amide bonds. The molecule has 1 aliphatic heterocycles. The summed E-state index contributed by atoms with van der Waals surface area (Å²) in [6, 6.07) is 9.32. The second-order valence-electron chi connectivity index (χ2n) is 11.0.